The van der Waals surface area contributed by atoms with Crippen LogP contribution in [-0.2, 0) is 14.8 Å². The molecule has 4 rings (SSSR count). The first kappa shape index (κ1) is 23.0. The summed E-state index contributed by atoms with van der Waals surface area (Å²) in [4.78, 5) is 12.8. The second-order valence-corrected chi connectivity index (χ2v) is 10.4. The second kappa shape index (κ2) is 9.36. The van der Waals surface area contributed by atoms with Gasteiger partial charge in [0, 0.05) is 29.1 Å². The minimum absolute atomic E-state index is 0.0720. The van der Waals surface area contributed by atoms with Crippen molar-refractivity contribution < 1.29 is 17.6 Å². The zero-order valence-electron chi connectivity index (χ0n) is 16.5. The molecule has 12 heteroatoms. The lowest BCUT2D eigenvalue weighted by atomic mass is 9.97. The van der Waals surface area contributed by atoms with E-state index in [2.05, 4.69) is 15.5 Å². The number of hydrogen-bond acceptors (Lipinski definition) is 6. The van der Waals surface area contributed by atoms with Gasteiger partial charge in [0.05, 0.1) is 15.5 Å². The van der Waals surface area contributed by atoms with E-state index in [-0.39, 0.29) is 35.8 Å². The monoisotopic (exact) mass is 514 g/mol. The van der Waals surface area contributed by atoms with Crippen LogP contribution in [0.25, 0.3) is 11.5 Å². The maximum absolute atomic E-state index is 12.8. The average Bonchev–Trinajstić information content (AvgIpc) is 3.24. The van der Waals surface area contributed by atoms with Crippen molar-refractivity contribution in [2.45, 2.75) is 17.7 Å². The molecule has 1 fully saturated rings. The van der Waals surface area contributed by atoms with Gasteiger partial charge < -0.3 is 4.42 Å². The van der Waals surface area contributed by atoms with Crippen LogP contribution in [-0.4, -0.2) is 41.9 Å². The Morgan fingerprint density at radius 1 is 1.00 bits per heavy atom. The van der Waals surface area contributed by atoms with Gasteiger partial charge in [-0.3, -0.25) is 10.1 Å². The molecule has 3 aromatic rings. The molecule has 2 heterocycles. The Morgan fingerprint density at radius 3 is 2.34 bits per heavy atom. The van der Waals surface area contributed by atoms with Crippen molar-refractivity contribution >= 4 is 56.7 Å². The number of carbonyl (C=O) groups excluding carboxylic acids is 1. The van der Waals surface area contributed by atoms with Crippen molar-refractivity contribution in [3.8, 4) is 11.5 Å². The summed E-state index contributed by atoms with van der Waals surface area (Å²) in [7, 11) is -3.64. The molecular weight excluding hydrogens is 499 g/mol. The third-order valence-corrected chi connectivity index (χ3v) is 7.82. The van der Waals surface area contributed by atoms with Gasteiger partial charge >= 0.3 is 6.01 Å². The van der Waals surface area contributed by atoms with Gasteiger partial charge in [-0.15, -0.1) is 5.10 Å². The Hall–Kier alpha value is -2.17. The van der Waals surface area contributed by atoms with E-state index in [1.807, 2.05) is 0 Å². The van der Waals surface area contributed by atoms with Gasteiger partial charge in [0.25, 0.3) is 5.89 Å². The Kier molecular flexibility index (Phi) is 6.73. The number of piperidine rings is 1. The first-order chi connectivity index (χ1) is 15.2. The van der Waals surface area contributed by atoms with Gasteiger partial charge in [-0.05, 0) is 55.3 Å². The standard InChI is InChI=1S/C20H17Cl3N4O4S/c21-13-1-4-15(5-2-13)32(29,30)27-9-7-12(8-10-27)18(28)24-20-26-25-19(31-20)16-11-14(22)3-6-17(16)23/h1-6,11-12H,7-10H2,(H,24,26,28). The third-order valence-electron chi connectivity index (χ3n) is 5.09. The molecule has 0 unspecified atom stereocenters. The highest BCUT2D eigenvalue weighted by atomic mass is 35.5. The predicted molar refractivity (Wildman–Crippen MR) is 121 cm³/mol. The lowest BCUT2D eigenvalue weighted by Gasteiger charge is -2.30. The molecule has 1 saturated heterocycles. The van der Waals surface area contributed by atoms with Gasteiger partial charge in [-0.25, -0.2) is 8.42 Å². The number of benzene rings is 2. The van der Waals surface area contributed by atoms with E-state index in [4.69, 9.17) is 39.2 Å². The molecule has 1 aliphatic rings. The van der Waals surface area contributed by atoms with Crippen LogP contribution in [0.3, 0.4) is 0 Å². The number of sulfonamides is 1. The largest absolute Gasteiger partial charge is 0.403 e. The van der Waals surface area contributed by atoms with E-state index >= 15 is 0 Å². The molecule has 2 aromatic carbocycles. The fraction of sp³-hybridized carbons (Fsp3) is 0.250. The summed E-state index contributed by atoms with van der Waals surface area (Å²) in [6.45, 7) is 0.437. The fourth-order valence-corrected chi connectivity index (χ4v) is 5.33. The lowest BCUT2D eigenvalue weighted by Crippen LogP contribution is -2.41. The minimum atomic E-state index is -3.64. The van der Waals surface area contributed by atoms with Crippen molar-refractivity contribution in [2.75, 3.05) is 18.4 Å². The first-order valence-electron chi connectivity index (χ1n) is 9.59. The van der Waals surface area contributed by atoms with Crippen molar-refractivity contribution in [3.05, 3.63) is 57.5 Å². The molecule has 1 N–H and O–H groups in total. The van der Waals surface area contributed by atoms with Gasteiger partial charge in [0.15, 0.2) is 0 Å². The second-order valence-electron chi connectivity index (χ2n) is 7.16. The van der Waals surface area contributed by atoms with E-state index in [1.165, 1.54) is 28.6 Å². The molecule has 8 nitrogen and oxygen atoms in total. The highest BCUT2D eigenvalue weighted by Crippen LogP contribution is 2.31. The Morgan fingerprint density at radius 2 is 1.66 bits per heavy atom. The molecule has 1 amide bonds. The molecule has 0 spiro atoms. The number of carbonyl (C=O) groups is 1. The van der Waals surface area contributed by atoms with E-state index in [1.54, 1.807) is 18.2 Å². The van der Waals surface area contributed by atoms with E-state index in [0.717, 1.165) is 0 Å². The lowest BCUT2D eigenvalue weighted by molar-refractivity contribution is -0.121. The summed E-state index contributed by atoms with van der Waals surface area (Å²) in [6, 6.07) is 10.7. The quantitative estimate of drug-likeness (QED) is 0.526. The zero-order chi connectivity index (χ0) is 22.9. The smallest absolute Gasteiger partial charge is 0.322 e. The molecule has 0 radical (unpaired) electrons. The number of rotatable bonds is 5. The zero-order valence-corrected chi connectivity index (χ0v) is 19.5. The summed E-state index contributed by atoms with van der Waals surface area (Å²) in [5.41, 5.74) is 0.452. The van der Waals surface area contributed by atoms with Crippen molar-refractivity contribution in [2.24, 2.45) is 5.92 Å². The molecule has 32 heavy (non-hydrogen) atoms. The SMILES string of the molecule is O=C(Nc1nnc(-c2cc(Cl)ccc2Cl)o1)C1CCN(S(=O)(=O)c2ccc(Cl)cc2)CC1. The number of halogens is 3. The summed E-state index contributed by atoms with van der Waals surface area (Å²) in [6.07, 6.45) is 0.722. The number of anilines is 1. The molecule has 1 aromatic heterocycles. The van der Waals surface area contributed by atoms with Crippen molar-refractivity contribution in [1.29, 1.82) is 0 Å². The molecule has 1 aliphatic heterocycles. The molecule has 0 aliphatic carbocycles. The van der Waals surface area contributed by atoms with Crippen LogP contribution in [0.2, 0.25) is 15.1 Å². The summed E-state index contributed by atoms with van der Waals surface area (Å²) in [5, 5.41) is 11.6. The van der Waals surface area contributed by atoms with Crippen LogP contribution in [0.5, 0.6) is 0 Å². The summed E-state index contributed by atoms with van der Waals surface area (Å²) >= 11 is 18.0. The maximum atomic E-state index is 12.8. The minimum Gasteiger partial charge on any atom is -0.403 e. The van der Waals surface area contributed by atoms with Crippen LogP contribution in [0, 0.1) is 5.92 Å². The molecule has 0 bridgehead atoms. The Labute approximate surface area is 199 Å². The van der Waals surface area contributed by atoms with Crippen molar-refractivity contribution in [1.82, 2.24) is 14.5 Å². The first-order valence-corrected chi connectivity index (χ1v) is 12.2. The van der Waals surface area contributed by atoms with Gasteiger partial charge in [-0.1, -0.05) is 39.9 Å². The van der Waals surface area contributed by atoms with E-state index in [0.29, 0.717) is 33.5 Å². The normalized spacial score (nSPS) is 15.6. The van der Waals surface area contributed by atoms with Crippen LogP contribution in [0.4, 0.5) is 6.01 Å². The van der Waals surface area contributed by atoms with Gasteiger partial charge in [-0.2, -0.15) is 4.31 Å². The van der Waals surface area contributed by atoms with Crippen molar-refractivity contribution in [3.63, 3.8) is 0 Å². The Bertz CT molecular complexity index is 1240. The summed E-state index contributed by atoms with van der Waals surface area (Å²) < 4.78 is 32.4. The maximum Gasteiger partial charge on any atom is 0.322 e. The predicted octanol–water partition coefficient (Wildman–Crippen LogP) is 4.74. The Balaban J connectivity index is 1.38. The third kappa shape index (κ3) is 4.92. The van der Waals surface area contributed by atoms with E-state index in [9.17, 15) is 13.2 Å². The van der Waals surface area contributed by atoms with Gasteiger partial charge in [0.2, 0.25) is 15.9 Å². The van der Waals surface area contributed by atoms with Crippen LogP contribution in [0.15, 0.2) is 51.8 Å². The van der Waals surface area contributed by atoms with E-state index < -0.39 is 15.9 Å². The van der Waals surface area contributed by atoms with Gasteiger partial charge in [0.1, 0.15) is 0 Å². The number of nitrogens with zero attached hydrogens (tertiary/aromatic N) is 3. The topological polar surface area (TPSA) is 105 Å². The highest BCUT2D eigenvalue weighted by Gasteiger charge is 2.32. The number of aromatic nitrogens is 2. The molecule has 168 valence electrons. The molecule has 0 atom stereocenters. The van der Waals surface area contributed by atoms with Crippen LogP contribution in [0.1, 0.15) is 12.8 Å². The number of amides is 1. The highest BCUT2D eigenvalue weighted by molar-refractivity contribution is 7.89. The number of hydrogen-bond donors (Lipinski definition) is 1. The summed E-state index contributed by atoms with van der Waals surface area (Å²) in [5.74, 6) is -0.589. The average molecular weight is 516 g/mol. The van der Waals surface area contributed by atoms with Crippen LogP contribution >= 0.6 is 34.8 Å². The van der Waals surface area contributed by atoms with Crippen LogP contribution < -0.4 is 5.32 Å². The molecule has 0 saturated carbocycles. The molecular formula is C20H17Cl3N4O4S. The fourth-order valence-electron chi connectivity index (χ4n) is 3.37. The number of nitrogens with one attached hydrogen (secondary N) is 1.